The Balaban J connectivity index is 2.89. The molecular weight excluding hydrogens is 459 g/mol. The van der Waals surface area contributed by atoms with E-state index in [-0.39, 0.29) is 12.1 Å². The van der Waals surface area contributed by atoms with Crippen molar-refractivity contribution in [2.45, 2.75) is 97.5 Å². The minimum absolute atomic E-state index is 0.0379. The van der Waals surface area contributed by atoms with Crippen LogP contribution in [0, 0.1) is 0 Å². The fourth-order valence-electron chi connectivity index (χ4n) is 3.79. The van der Waals surface area contributed by atoms with Crippen molar-refractivity contribution in [3.8, 4) is 0 Å². The molecular formula is C23H40O2SSn. The molecule has 1 rings (SSSR count). The Kier molecular flexibility index (Phi) is 12.8. The van der Waals surface area contributed by atoms with E-state index in [2.05, 4.69) is 45.0 Å². The van der Waals surface area contributed by atoms with Gasteiger partial charge in [-0.2, -0.15) is 0 Å². The van der Waals surface area contributed by atoms with Gasteiger partial charge in [-0.05, 0) is 0 Å². The number of thioether (sulfide) groups is 1. The topological polar surface area (TPSA) is 26.3 Å². The molecule has 0 spiro atoms. The summed E-state index contributed by atoms with van der Waals surface area (Å²) in [5.74, 6) is 0.620. The van der Waals surface area contributed by atoms with Gasteiger partial charge in [0.05, 0.1) is 0 Å². The van der Waals surface area contributed by atoms with Gasteiger partial charge in [-0.15, -0.1) is 0 Å². The monoisotopic (exact) mass is 500 g/mol. The normalized spacial score (nSPS) is 12.8. The van der Waals surface area contributed by atoms with Gasteiger partial charge in [-0.3, -0.25) is 0 Å². The molecule has 0 amide bonds. The van der Waals surface area contributed by atoms with E-state index in [0.717, 1.165) is 5.75 Å². The van der Waals surface area contributed by atoms with E-state index in [1.165, 1.54) is 63.7 Å². The first-order valence-corrected chi connectivity index (χ1v) is 19.3. The average Bonchev–Trinajstić information content (AvgIpc) is 2.66. The van der Waals surface area contributed by atoms with Gasteiger partial charge in [0, 0.05) is 0 Å². The Labute approximate surface area is 176 Å². The van der Waals surface area contributed by atoms with E-state index < -0.39 is 18.4 Å². The van der Waals surface area contributed by atoms with E-state index in [0.29, 0.717) is 0 Å². The van der Waals surface area contributed by atoms with Gasteiger partial charge >= 0.3 is 177 Å². The number of benzene rings is 1. The van der Waals surface area contributed by atoms with Crippen LogP contribution in [0.2, 0.25) is 13.3 Å². The van der Waals surface area contributed by atoms with Gasteiger partial charge in [0.15, 0.2) is 0 Å². The Morgan fingerprint density at radius 2 is 1.44 bits per heavy atom. The molecule has 0 aliphatic rings. The van der Waals surface area contributed by atoms with E-state index in [4.69, 9.17) is 4.74 Å². The van der Waals surface area contributed by atoms with Crippen LogP contribution in [0.15, 0.2) is 29.2 Å². The van der Waals surface area contributed by atoms with Gasteiger partial charge in [0.2, 0.25) is 0 Å². The predicted octanol–water partition coefficient (Wildman–Crippen LogP) is 6.79. The Bertz CT molecular complexity index is 508. The van der Waals surface area contributed by atoms with Crippen molar-refractivity contribution in [3.63, 3.8) is 0 Å². The summed E-state index contributed by atoms with van der Waals surface area (Å²) >= 11 is -0.507. The molecule has 0 bridgehead atoms. The summed E-state index contributed by atoms with van der Waals surface area (Å²) < 4.78 is 11.5. The molecule has 1 aromatic carbocycles. The number of hydrogen-bond donors (Lipinski definition) is 0. The molecule has 0 radical (unpaired) electrons. The third-order valence-corrected chi connectivity index (χ3v) is 22.3. The van der Waals surface area contributed by atoms with Crippen LogP contribution in [-0.4, -0.2) is 36.2 Å². The fraction of sp³-hybridized carbons (Fsp3) is 0.696. The molecule has 2 nitrogen and oxygen atoms in total. The fourth-order valence-corrected chi connectivity index (χ4v) is 20.5. The van der Waals surface area contributed by atoms with Crippen molar-refractivity contribution in [2.24, 2.45) is 0 Å². The summed E-state index contributed by atoms with van der Waals surface area (Å²) in [6, 6.07) is 9.54. The zero-order chi connectivity index (χ0) is 20.1. The van der Waals surface area contributed by atoms with Crippen molar-refractivity contribution in [2.75, 3.05) is 5.75 Å². The van der Waals surface area contributed by atoms with Crippen molar-refractivity contribution >= 4 is 39.7 Å². The maximum atomic E-state index is 11.1. The first-order valence-electron chi connectivity index (χ1n) is 10.9. The third kappa shape index (κ3) is 9.25. The van der Waals surface area contributed by atoms with Crippen molar-refractivity contribution in [1.29, 1.82) is 0 Å². The van der Waals surface area contributed by atoms with Crippen molar-refractivity contribution < 1.29 is 9.53 Å². The summed E-state index contributed by atoms with van der Waals surface area (Å²) in [7, 11) is 0. The summed E-state index contributed by atoms with van der Waals surface area (Å²) in [4.78, 5) is 12.3. The second kappa shape index (κ2) is 13.9. The van der Waals surface area contributed by atoms with Crippen molar-refractivity contribution in [1.82, 2.24) is 0 Å². The van der Waals surface area contributed by atoms with Crippen LogP contribution in [-0.2, 0) is 9.53 Å². The average molecular weight is 499 g/mol. The second-order valence-electron chi connectivity index (χ2n) is 7.85. The number of unbranched alkanes of at least 4 members (excludes halogenated alkanes) is 3. The maximum absolute atomic E-state index is 11.1. The number of esters is 1. The second-order valence-corrected chi connectivity index (χ2v) is 22.2. The molecule has 0 saturated carbocycles. The molecule has 1 unspecified atom stereocenters. The molecule has 0 aliphatic heterocycles. The Hall–Kier alpha value is -0.161. The van der Waals surface area contributed by atoms with Gasteiger partial charge in [0.25, 0.3) is 0 Å². The van der Waals surface area contributed by atoms with E-state index >= 15 is 0 Å². The van der Waals surface area contributed by atoms with E-state index in [1.54, 1.807) is 15.3 Å². The quantitative estimate of drug-likeness (QED) is 0.160. The van der Waals surface area contributed by atoms with Crippen LogP contribution in [0.3, 0.4) is 0 Å². The van der Waals surface area contributed by atoms with Crippen LogP contribution < -0.4 is 3.58 Å². The SMILES string of the molecule is CCC[CH2][Sn]([CH2]CCC)([CH2]CCC)[c]1ccc(SCC(C)OC(C)=O)cc1. The molecule has 0 saturated heterocycles. The van der Waals surface area contributed by atoms with Gasteiger partial charge < -0.3 is 0 Å². The molecule has 1 atom stereocenters. The van der Waals surface area contributed by atoms with Crippen LogP contribution in [0.4, 0.5) is 0 Å². The number of hydrogen-bond acceptors (Lipinski definition) is 3. The minimum atomic E-state index is -2.30. The van der Waals surface area contributed by atoms with Crippen LogP contribution in [0.25, 0.3) is 0 Å². The van der Waals surface area contributed by atoms with Crippen LogP contribution in [0.5, 0.6) is 0 Å². The first kappa shape index (κ1) is 24.9. The molecule has 1 aromatic rings. The van der Waals surface area contributed by atoms with Gasteiger partial charge in [-0.25, -0.2) is 0 Å². The summed E-state index contributed by atoms with van der Waals surface area (Å²) in [6.45, 7) is 10.4. The van der Waals surface area contributed by atoms with Crippen LogP contribution >= 0.6 is 11.8 Å². The van der Waals surface area contributed by atoms with Crippen LogP contribution in [0.1, 0.15) is 73.1 Å². The predicted molar refractivity (Wildman–Crippen MR) is 123 cm³/mol. The molecule has 0 heterocycles. The molecule has 0 N–H and O–H groups in total. The third-order valence-electron chi connectivity index (χ3n) is 5.35. The number of carbonyl (C=O) groups is 1. The van der Waals surface area contributed by atoms with Crippen molar-refractivity contribution in [3.05, 3.63) is 24.3 Å². The number of carbonyl (C=O) groups excluding carboxylic acids is 1. The van der Waals surface area contributed by atoms with Gasteiger partial charge in [0.1, 0.15) is 0 Å². The summed E-state index contributed by atoms with van der Waals surface area (Å²) in [5, 5.41) is 0. The molecule has 0 fully saturated rings. The molecule has 154 valence electrons. The number of ether oxygens (including phenoxy) is 1. The zero-order valence-electron chi connectivity index (χ0n) is 18.2. The Morgan fingerprint density at radius 3 is 1.85 bits per heavy atom. The first-order chi connectivity index (χ1) is 13.0. The van der Waals surface area contributed by atoms with E-state index in [1.807, 2.05) is 6.92 Å². The molecule has 0 aromatic heterocycles. The zero-order valence-corrected chi connectivity index (χ0v) is 21.9. The molecule has 27 heavy (non-hydrogen) atoms. The summed E-state index contributed by atoms with van der Waals surface area (Å²) in [6.07, 6.45) is 8.13. The van der Waals surface area contributed by atoms with Gasteiger partial charge in [-0.1, -0.05) is 0 Å². The van der Waals surface area contributed by atoms with E-state index in [9.17, 15) is 4.79 Å². The standard InChI is InChI=1S/C11H13O2S.3C4H9.Sn/c1-9(13-10(2)12)8-14-11-6-4-3-5-7-11;3*1-3-4-2;/h4-7,9H,8H2,1-2H3;3*1,3-4H2,2H3;. The summed E-state index contributed by atoms with van der Waals surface area (Å²) in [5.41, 5.74) is 0. The Morgan fingerprint density at radius 1 is 0.963 bits per heavy atom. The molecule has 4 heteroatoms. The molecule has 0 aliphatic carbocycles. The number of rotatable bonds is 14.